The fraction of sp³-hybridized carbons (Fsp3) is 0.947. The third kappa shape index (κ3) is 18.0. The number of carbonyl (C=O) groups is 2. The van der Waals surface area contributed by atoms with E-state index < -0.39 is 11.2 Å². The van der Waals surface area contributed by atoms with Crippen molar-refractivity contribution in [1.29, 1.82) is 0 Å². The monoisotopic (exact) mass is 637 g/mol. The lowest BCUT2D eigenvalue weighted by atomic mass is 9.90. The summed E-state index contributed by atoms with van der Waals surface area (Å²) in [5.74, 6) is 0.481. The molecule has 1 aliphatic carbocycles. The zero-order valence-electron chi connectivity index (χ0n) is 30.2. The van der Waals surface area contributed by atoms with Crippen LogP contribution in [0.2, 0.25) is 0 Å². The molecule has 0 aromatic heterocycles. The predicted octanol–water partition coefficient (Wildman–Crippen LogP) is 9.43. The van der Waals surface area contributed by atoms with Gasteiger partial charge in [-0.2, -0.15) is 0 Å². The number of rotatable bonds is 23. The Balaban J connectivity index is 1.71. The van der Waals surface area contributed by atoms with E-state index in [1.807, 2.05) is 20.8 Å². The largest absolute Gasteiger partial charge is 0.465 e. The van der Waals surface area contributed by atoms with Crippen LogP contribution >= 0.6 is 0 Å². The zero-order valence-corrected chi connectivity index (χ0v) is 30.2. The molecule has 1 aliphatic heterocycles. The second kappa shape index (κ2) is 22.3. The molecule has 1 saturated heterocycles. The van der Waals surface area contributed by atoms with E-state index in [0.29, 0.717) is 57.5 Å². The molecule has 1 amide bonds. The first-order chi connectivity index (χ1) is 21.5. The molecule has 264 valence electrons. The lowest BCUT2D eigenvalue weighted by Gasteiger charge is -2.42. The van der Waals surface area contributed by atoms with E-state index in [2.05, 4.69) is 18.7 Å². The van der Waals surface area contributed by atoms with Crippen molar-refractivity contribution < 1.29 is 24.2 Å². The normalized spacial score (nSPS) is 18.0. The highest BCUT2D eigenvalue weighted by Gasteiger charge is 2.38. The first-order valence-corrected chi connectivity index (χ1v) is 19.1. The first kappa shape index (κ1) is 39.8. The average Bonchev–Trinajstić information content (AvgIpc) is 3.53. The molecule has 1 N–H and O–H groups in total. The summed E-state index contributed by atoms with van der Waals surface area (Å²) in [4.78, 5) is 29.4. The highest BCUT2D eigenvalue weighted by molar-refractivity contribution is 5.69. The Morgan fingerprint density at radius 3 is 2.00 bits per heavy atom. The number of hydrogen-bond acceptors (Lipinski definition) is 6. The van der Waals surface area contributed by atoms with Crippen LogP contribution in [-0.4, -0.2) is 77.0 Å². The predicted molar refractivity (Wildman–Crippen MR) is 185 cm³/mol. The van der Waals surface area contributed by atoms with E-state index in [1.165, 1.54) is 103 Å². The molecular formula is C38H72N2O5. The lowest BCUT2D eigenvalue weighted by Crippen LogP contribution is -2.54. The molecule has 2 rings (SSSR count). The van der Waals surface area contributed by atoms with Crippen LogP contribution in [-0.2, 0) is 14.3 Å². The van der Waals surface area contributed by atoms with Gasteiger partial charge in [0.15, 0.2) is 0 Å². The van der Waals surface area contributed by atoms with Crippen LogP contribution in [0.15, 0.2) is 0 Å². The van der Waals surface area contributed by atoms with E-state index in [-0.39, 0.29) is 12.1 Å². The Labute approximate surface area is 277 Å². The summed E-state index contributed by atoms with van der Waals surface area (Å²) in [6.07, 6.45) is 24.5. The third-order valence-electron chi connectivity index (χ3n) is 9.92. The van der Waals surface area contributed by atoms with Crippen LogP contribution in [0.4, 0.5) is 4.79 Å². The molecule has 2 aliphatic rings. The number of amides is 1. The van der Waals surface area contributed by atoms with E-state index in [1.54, 1.807) is 4.90 Å². The van der Waals surface area contributed by atoms with Crippen LogP contribution in [0.3, 0.4) is 0 Å². The molecule has 0 bridgehead atoms. The maximum absolute atomic E-state index is 12.6. The molecule has 1 saturated carbocycles. The molecule has 1 atom stereocenters. The number of aliphatic hydroxyl groups is 1. The minimum absolute atomic E-state index is 0.0322. The van der Waals surface area contributed by atoms with Crippen LogP contribution in [0, 0.1) is 5.92 Å². The molecule has 0 aromatic carbocycles. The molecule has 0 radical (unpaired) electrons. The number of unbranched alkanes of at least 4 members (excludes halogenated alkanes) is 10. The highest BCUT2D eigenvalue weighted by Crippen LogP contribution is 2.30. The summed E-state index contributed by atoms with van der Waals surface area (Å²) in [5.41, 5.74) is -1.28. The molecular weight excluding hydrogens is 564 g/mol. The summed E-state index contributed by atoms with van der Waals surface area (Å²) < 4.78 is 11.4. The Morgan fingerprint density at radius 2 is 1.40 bits per heavy atom. The highest BCUT2D eigenvalue weighted by atomic mass is 16.6. The number of esters is 1. The third-order valence-corrected chi connectivity index (χ3v) is 9.92. The van der Waals surface area contributed by atoms with E-state index in [4.69, 9.17) is 9.47 Å². The second-order valence-corrected chi connectivity index (χ2v) is 15.4. The standard InChI is InChI=1S/C38H72N2O5/c1-6-8-10-12-13-16-22-33(21-15-11-9-7-2)31-44-35(41)25-17-14-20-28-40(34-23-18-19-24-34)32-38(43)26-29-39(30-27-38)36(42)45-37(3,4)5/h33-34,43H,6-32H2,1-5H3. The quantitative estimate of drug-likeness (QED) is 0.0889. The zero-order chi connectivity index (χ0) is 33.0. The summed E-state index contributed by atoms with van der Waals surface area (Å²) >= 11 is 0. The van der Waals surface area contributed by atoms with Crippen molar-refractivity contribution in [3.63, 3.8) is 0 Å². The Bertz CT molecular complexity index is 784. The molecule has 1 unspecified atom stereocenters. The summed E-state index contributed by atoms with van der Waals surface area (Å²) in [5, 5.41) is 11.5. The number of ether oxygens (including phenoxy) is 2. The topological polar surface area (TPSA) is 79.3 Å². The first-order valence-electron chi connectivity index (χ1n) is 19.1. The van der Waals surface area contributed by atoms with Crippen LogP contribution in [0.25, 0.3) is 0 Å². The molecule has 0 spiro atoms. The number of piperidine rings is 1. The second-order valence-electron chi connectivity index (χ2n) is 15.4. The van der Waals surface area contributed by atoms with Crippen molar-refractivity contribution >= 4 is 12.1 Å². The number of likely N-dealkylation sites (tertiary alicyclic amines) is 1. The van der Waals surface area contributed by atoms with Gasteiger partial charge in [-0.25, -0.2) is 4.79 Å². The van der Waals surface area contributed by atoms with Crippen LogP contribution in [0.1, 0.15) is 176 Å². The van der Waals surface area contributed by atoms with E-state index in [0.717, 1.165) is 25.8 Å². The molecule has 2 fully saturated rings. The SMILES string of the molecule is CCCCCCCCC(CCCCCC)COC(=O)CCCCCN(CC1(O)CCN(C(=O)OC(C)(C)C)CC1)C1CCCC1. The van der Waals surface area contributed by atoms with Crippen molar-refractivity contribution in [2.75, 3.05) is 32.8 Å². The van der Waals surface area contributed by atoms with Gasteiger partial charge in [0.2, 0.25) is 0 Å². The molecule has 7 heteroatoms. The van der Waals surface area contributed by atoms with Gasteiger partial charge >= 0.3 is 12.1 Å². The number of hydrogen-bond donors (Lipinski definition) is 1. The molecule has 7 nitrogen and oxygen atoms in total. The molecule has 0 aromatic rings. The Hall–Kier alpha value is -1.34. The van der Waals surface area contributed by atoms with Crippen LogP contribution in [0.5, 0.6) is 0 Å². The average molecular weight is 637 g/mol. The summed E-state index contributed by atoms with van der Waals surface area (Å²) in [6.45, 7) is 13.5. The van der Waals surface area contributed by atoms with Crippen molar-refractivity contribution in [3.8, 4) is 0 Å². The minimum Gasteiger partial charge on any atom is -0.465 e. The molecule has 45 heavy (non-hydrogen) atoms. The summed E-state index contributed by atoms with van der Waals surface area (Å²) in [6, 6.07) is 0.531. The van der Waals surface area contributed by atoms with Gasteiger partial charge in [-0.3, -0.25) is 9.69 Å². The van der Waals surface area contributed by atoms with Gasteiger partial charge in [0.1, 0.15) is 5.60 Å². The minimum atomic E-state index is -0.770. The fourth-order valence-electron chi connectivity index (χ4n) is 7.06. The van der Waals surface area contributed by atoms with Gasteiger partial charge in [0.05, 0.1) is 12.2 Å². The maximum Gasteiger partial charge on any atom is 0.410 e. The van der Waals surface area contributed by atoms with Gasteiger partial charge in [0, 0.05) is 32.1 Å². The van der Waals surface area contributed by atoms with Crippen molar-refractivity contribution in [2.24, 2.45) is 5.92 Å². The van der Waals surface area contributed by atoms with Crippen molar-refractivity contribution in [2.45, 2.75) is 193 Å². The van der Waals surface area contributed by atoms with Crippen molar-refractivity contribution in [1.82, 2.24) is 9.80 Å². The summed E-state index contributed by atoms with van der Waals surface area (Å²) in [7, 11) is 0. The van der Waals surface area contributed by atoms with Gasteiger partial charge < -0.3 is 19.5 Å². The number of nitrogens with zero attached hydrogens (tertiary/aromatic N) is 2. The smallest absolute Gasteiger partial charge is 0.410 e. The van der Waals surface area contributed by atoms with E-state index in [9.17, 15) is 14.7 Å². The van der Waals surface area contributed by atoms with Gasteiger partial charge in [0.25, 0.3) is 0 Å². The van der Waals surface area contributed by atoms with E-state index >= 15 is 0 Å². The Morgan fingerprint density at radius 1 is 0.844 bits per heavy atom. The van der Waals surface area contributed by atoms with Gasteiger partial charge in [-0.15, -0.1) is 0 Å². The fourth-order valence-corrected chi connectivity index (χ4v) is 7.06. The van der Waals surface area contributed by atoms with Crippen molar-refractivity contribution in [3.05, 3.63) is 0 Å². The lowest BCUT2D eigenvalue weighted by molar-refractivity contribution is -0.145. The number of carbonyl (C=O) groups excluding carboxylic acids is 2. The van der Waals surface area contributed by atoms with Gasteiger partial charge in [-0.1, -0.05) is 97.3 Å². The maximum atomic E-state index is 12.6. The molecule has 1 heterocycles. The Kier molecular flexibility index (Phi) is 19.7. The van der Waals surface area contributed by atoms with Gasteiger partial charge in [-0.05, 0) is 84.6 Å². The van der Waals surface area contributed by atoms with Crippen LogP contribution < -0.4 is 0 Å².